The lowest BCUT2D eigenvalue weighted by molar-refractivity contribution is -0.121. The van der Waals surface area contributed by atoms with Crippen molar-refractivity contribution in [2.75, 3.05) is 33.2 Å². The van der Waals surface area contributed by atoms with Crippen molar-refractivity contribution in [1.82, 2.24) is 14.5 Å². The molecule has 1 aromatic carbocycles. The molecule has 1 heterocycles. The fraction of sp³-hybridized carbons (Fsp3) is 0.611. The Labute approximate surface area is 151 Å². The Balaban J connectivity index is 1.94. The number of hydrogen-bond acceptors (Lipinski definition) is 4. The molecule has 1 saturated heterocycles. The molecule has 1 fully saturated rings. The van der Waals surface area contributed by atoms with Gasteiger partial charge in [-0.2, -0.15) is 4.31 Å². The second-order valence-electron chi connectivity index (χ2n) is 6.74. The van der Waals surface area contributed by atoms with Crippen LogP contribution in [0.15, 0.2) is 23.1 Å². The fourth-order valence-corrected chi connectivity index (χ4v) is 4.38. The Morgan fingerprint density at radius 2 is 2.04 bits per heavy atom. The standard InChI is InChI=1S/C18H29N3O3S/c1-5-21-10-6-7-16(21)12-19-18(22)13-20(4)25(23,24)17-9-8-14(2)15(3)11-17/h8-9,11,16H,5-7,10,12-13H2,1-4H3,(H,19,22). The van der Waals surface area contributed by atoms with Crippen LogP contribution in [0.3, 0.4) is 0 Å². The molecule has 2 rings (SSSR count). The van der Waals surface area contributed by atoms with E-state index in [2.05, 4.69) is 17.1 Å². The molecule has 1 unspecified atom stereocenters. The number of carbonyl (C=O) groups excluding carboxylic acids is 1. The first-order valence-electron chi connectivity index (χ1n) is 8.80. The average molecular weight is 368 g/mol. The van der Waals surface area contributed by atoms with Crippen LogP contribution in [0.1, 0.15) is 30.9 Å². The van der Waals surface area contributed by atoms with E-state index in [0.29, 0.717) is 12.6 Å². The van der Waals surface area contributed by atoms with Crippen LogP contribution in [0.25, 0.3) is 0 Å². The number of nitrogens with zero attached hydrogens (tertiary/aromatic N) is 2. The van der Waals surface area contributed by atoms with E-state index in [1.165, 1.54) is 7.05 Å². The summed E-state index contributed by atoms with van der Waals surface area (Å²) in [5.74, 6) is -0.266. The van der Waals surface area contributed by atoms with Crippen LogP contribution < -0.4 is 5.32 Å². The molecule has 25 heavy (non-hydrogen) atoms. The van der Waals surface area contributed by atoms with Crippen molar-refractivity contribution in [3.63, 3.8) is 0 Å². The summed E-state index contributed by atoms with van der Waals surface area (Å²) < 4.78 is 26.4. The van der Waals surface area contributed by atoms with E-state index in [0.717, 1.165) is 41.4 Å². The summed E-state index contributed by atoms with van der Waals surface area (Å²) >= 11 is 0. The van der Waals surface area contributed by atoms with Gasteiger partial charge in [0, 0.05) is 19.6 Å². The maximum absolute atomic E-state index is 12.6. The predicted molar refractivity (Wildman–Crippen MR) is 99.0 cm³/mol. The lowest BCUT2D eigenvalue weighted by Gasteiger charge is -2.23. The summed E-state index contributed by atoms with van der Waals surface area (Å²) in [6.07, 6.45) is 2.22. The van der Waals surface area contributed by atoms with Crippen LogP contribution in [0.4, 0.5) is 0 Å². The van der Waals surface area contributed by atoms with Gasteiger partial charge in [-0.25, -0.2) is 8.42 Å². The highest BCUT2D eigenvalue weighted by Crippen LogP contribution is 2.18. The number of amides is 1. The van der Waals surface area contributed by atoms with Crippen molar-refractivity contribution in [1.29, 1.82) is 0 Å². The van der Waals surface area contributed by atoms with Crippen LogP contribution in [0.5, 0.6) is 0 Å². The van der Waals surface area contributed by atoms with Crippen molar-refractivity contribution in [3.05, 3.63) is 29.3 Å². The predicted octanol–water partition coefficient (Wildman–Crippen LogP) is 1.52. The topological polar surface area (TPSA) is 69.7 Å². The number of carbonyl (C=O) groups is 1. The molecule has 1 aliphatic rings. The summed E-state index contributed by atoms with van der Waals surface area (Å²) in [4.78, 5) is 14.7. The molecular formula is C18H29N3O3S. The lowest BCUT2D eigenvalue weighted by Crippen LogP contribution is -2.44. The molecule has 140 valence electrons. The molecule has 1 N–H and O–H groups in total. The highest BCUT2D eigenvalue weighted by Gasteiger charge is 2.25. The SMILES string of the molecule is CCN1CCCC1CNC(=O)CN(C)S(=O)(=O)c1ccc(C)c(C)c1. The fourth-order valence-electron chi connectivity index (χ4n) is 3.17. The van der Waals surface area contributed by atoms with Gasteiger partial charge in [-0.05, 0) is 63.0 Å². The van der Waals surface area contributed by atoms with Crippen molar-refractivity contribution in [3.8, 4) is 0 Å². The number of nitrogens with one attached hydrogen (secondary N) is 1. The first-order valence-corrected chi connectivity index (χ1v) is 10.2. The number of likely N-dealkylation sites (tertiary alicyclic amines) is 1. The first-order chi connectivity index (χ1) is 11.8. The second-order valence-corrected chi connectivity index (χ2v) is 8.78. The lowest BCUT2D eigenvalue weighted by atomic mass is 10.1. The largest absolute Gasteiger partial charge is 0.353 e. The minimum Gasteiger partial charge on any atom is -0.353 e. The van der Waals surface area contributed by atoms with Crippen LogP contribution in [-0.2, 0) is 14.8 Å². The van der Waals surface area contributed by atoms with Crippen molar-refractivity contribution in [2.45, 2.75) is 44.6 Å². The number of aryl methyl sites for hydroxylation is 2. The molecule has 0 aliphatic carbocycles. The summed E-state index contributed by atoms with van der Waals surface area (Å²) in [6.45, 7) is 8.37. The van der Waals surface area contributed by atoms with E-state index in [4.69, 9.17) is 0 Å². The average Bonchev–Trinajstić information content (AvgIpc) is 3.02. The van der Waals surface area contributed by atoms with E-state index < -0.39 is 10.0 Å². The Kier molecular flexibility index (Phi) is 6.59. The molecule has 7 heteroatoms. The monoisotopic (exact) mass is 367 g/mol. The van der Waals surface area contributed by atoms with Gasteiger partial charge in [0.2, 0.25) is 15.9 Å². The zero-order valence-electron chi connectivity index (χ0n) is 15.6. The van der Waals surface area contributed by atoms with Crippen LogP contribution >= 0.6 is 0 Å². The third-order valence-electron chi connectivity index (χ3n) is 4.99. The van der Waals surface area contributed by atoms with Gasteiger partial charge in [-0.3, -0.25) is 9.69 Å². The number of rotatable bonds is 7. The van der Waals surface area contributed by atoms with E-state index >= 15 is 0 Å². The minimum atomic E-state index is -3.66. The van der Waals surface area contributed by atoms with Gasteiger partial charge in [-0.1, -0.05) is 13.0 Å². The Bertz CT molecular complexity index is 718. The molecule has 0 aromatic heterocycles. The normalized spacial score (nSPS) is 18.7. The number of likely N-dealkylation sites (N-methyl/N-ethyl adjacent to an activating group) is 2. The molecular weight excluding hydrogens is 338 g/mol. The highest BCUT2D eigenvalue weighted by molar-refractivity contribution is 7.89. The number of hydrogen-bond donors (Lipinski definition) is 1. The number of sulfonamides is 1. The Morgan fingerprint density at radius 1 is 1.32 bits per heavy atom. The Hall–Kier alpha value is -1.44. The molecule has 0 spiro atoms. The van der Waals surface area contributed by atoms with E-state index in [1.54, 1.807) is 18.2 Å². The first kappa shape index (κ1) is 19.9. The van der Waals surface area contributed by atoms with Gasteiger partial charge in [-0.15, -0.1) is 0 Å². The van der Waals surface area contributed by atoms with E-state index in [9.17, 15) is 13.2 Å². The summed E-state index contributed by atoms with van der Waals surface area (Å²) in [7, 11) is -2.22. The molecule has 0 saturated carbocycles. The van der Waals surface area contributed by atoms with Gasteiger partial charge >= 0.3 is 0 Å². The third-order valence-corrected chi connectivity index (χ3v) is 6.79. The second kappa shape index (κ2) is 8.29. The summed E-state index contributed by atoms with van der Waals surface area (Å²) in [5, 5.41) is 2.88. The number of benzene rings is 1. The molecule has 1 aliphatic heterocycles. The maximum Gasteiger partial charge on any atom is 0.243 e. The molecule has 0 bridgehead atoms. The van der Waals surface area contributed by atoms with Gasteiger partial charge in [0.25, 0.3) is 0 Å². The summed E-state index contributed by atoms with van der Waals surface area (Å²) in [5.41, 5.74) is 1.95. The van der Waals surface area contributed by atoms with Crippen molar-refractivity contribution in [2.24, 2.45) is 0 Å². The smallest absolute Gasteiger partial charge is 0.243 e. The van der Waals surface area contributed by atoms with Crippen LogP contribution in [-0.4, -0.2) is 62.8 Å². The van der Waals surface area contributed by atoms with Gasteiger partial charge in [0.15, 0.2) is 0 Å². The van der Waals surface area contributed by atoms with E-state index in [-0.39, 0.29) is 17.3 Å². The maximum atomic E-state index is 12.6. The zero-order chi connectivity index (χ0) is 18.6. The van der Waals surface area contributed by atoms with Gasteiger partial charge in [0.1, 0.15) is 0 Å². The van der Waals surface area contributed by atoms with E-state index in [1.807, 2.05) is 13.8 Å². The third kappa shape index (κ3) is 4.80. The van der Waals surface area contributed by atoms with Gasteiger partial charge in [0.05, 0.1) is 11.4 Å². The van der Waals surface area contributed by atoms with Gasteiger partial charge < -0.3 is 5.32 Å². The van der Waals surface area contributed by atoms with Crippen LogP contribution in [0, 0.1) is 13.8 Å². The quantitative estimate of drug-likeness (QED) is 0.793. The minimum absolute atomic E-state index is 0.173. The molecule has 1 aromatic rings. The highest BCUT2D eigenvalue weighted by atomic mass is 32.2. The van der Waals surface area contributed by atoms with Crippen molar-refractivity contribution < 1.29 is 13.2 Å². The molecule has 0 radical (unpaired) electrons. The molecule has 1 amide bonds. The summed E-state index contributed by atoms with van der Waals surface area (Å²) in [6, 6.07) is 5.38. The zero-order valence-corrected chi connectivity index (χ0v) is 16.4. The van der Waals surface area contributed by atoms with Crippen LogP contribution in [0.2, 0.25) is 0 Å². The Morgan fingerprint density at radius 3 is 2.68 bits per heavy atom. The van der Waals surface area contributed by atoms with Crippen molar-refractivity contribution >= 4 is 15.9 Å². The molecule has 6 nitrogen and oxygen atoms in total. The molecule has 1 atom stereocenters.